The molecular formula is C22H19FN4O3S. The highest BCUT2D eigenvalue weighted by atomic mass is 32.1. The van der Waals surface area contributed by atoms with Crippen molar-refractivity contribution >= 4 is 34.0 Å². The van der Waals surface area contributed by atoms with Crippen LogP contribution in [0.1, 0.15) is 24.7 Å². The van der Waals surface area contributed by atoms with E-state index in [2.05, 4.69) is 15.4 Å². The van der Waals surface area contributed by atoms with Gasteiger partial charge in [0.2, 0.25) is 4.96 Å². The van der Waals surface area contributed by atoms with Crippen LogP contribution in [-0.2, 0) is 11.2 Å². The van der Waals surface area contributed by atoms with Crippen molar-refractivity contribution in [3.8, 4) is 5.75 Å². The Morgan fingerprint density at radius 3 is 2.74 bits per heavy atom. The third-order valence-corrected chi connectivity index (χ3v) is 5.35. The lowest BCUT2D eigenvalue weighted by molar-refractivity contribution is -0.118. The minimum Gasteiger partial charge on any atom is -0.483 e. The summed E-state index contributed by atoms with van der Waals surface area (Å²) in [5.74, 6) is 0.359. The molecule has 2 heterocycles. The molecule has 1 amide bonds. The quantitative estimate of drug-likeness (QED) is 0.480. The van der Waals surface area contributed by atoms with E-state index >= 15 is 0 Å². The number of hydrogen-bond donors (Lipinski definition) is 1. The zero-order chi connectivity index (χ0) is 21.8. The van der Waals surface area contributed by atoms with Crippen molar-refractivity contribution in [2.45, 2.75) is 19.8 Å². The molecule has 0 saturated heterocycles. The molecule has 0 aliphatic heterocycles. The van der Waals surface area contributed by atoms with Crippen molar-refractivity contribution in [1.82, 2.24) is 14.6 Å². The number of aryl methyl sites for hydroxylation is 1. The van der Waals surface area contributed by atoms with Crippen LogP contribution in [0.2, 0.25) is 0 Å². The number of fused-ring (bicyclic) bond motifs is 1. The van der Waals surface area contributed by atoms with Crippen LogP contribution in [0, 0.1) is 5.82 Å². The molecule has 2 aromatic carbocycles. The molecule has 4 aromatic rings. The van der Waals surface area contributed by atoms with Crippen LogP contribution in [0.3, 0.4) is 0 Å². The first-order chi connectivity index (χ1) is 15.0. The molecule has 4 rings (SSSR count). The number of para-hydroxylation sites is 1. The molecule has 0 aliphatic carbocycles. The van der Waals surface area contributed by atoms with Crippen LogP contribution in [0.25, 0.3) is 11.0 Å². The minimum absolute atomic E-state index is 0.234. The summed E-state index contributed by atoms with van der Waals surface area (Å²) in [5.41, 5.74) is 0.897. The number of ether oxygens (including phenoxy) is 1. The summed E-state index contributed by atoms with van der Waals surface area (Å²) in [6.07, 6.45) is 3.34. The highest BCUT2D eigenvalue weighted by Crippen LogP contribution is 2.19. The zero-order valence-electron chi connectivity index (χ0n) is 16.7. The molecule has 0 radical (unpaired) electrons. The topological polar surface area (TPSA) is 85.6 Å². The summed E-state index contributed by atoms with van der Waals surface area (Å²) in [6.45, 7) is 1.80. The predicted octanol–water partition coefficient (Wildman–Crippen LogP) is 2.81. The van der Waals surface area contributed by atoms with Gasteiger partial charge in [0.15, 0.2) is 12.4 Å². The van der Waals surface area contributed by atoms with E-state index in [-0.39, 0.29) is 23.9 Å². The maximum Gasteiger partial charge on any atom is 0.291 e. The van der Waals surface area contributed by atoms with Crippen molar-refractivity contribution in [1.29, 1.82) is 0 Å². The monoisotopic (exact) mass is 438 g/mol. The van der Waals surface area contributed by atoms with Crippen LogP contribution < -0.4 is 20.1 Å². The second-order valence-electron chi connectivity index (χ2n) is 6.77. The van der Waals surface area contributed by atoms with Gasteiger partial charge in [-0.3, -0.25) is 9.59 Å². The van der Waals surface area contributed by atoms with Gasteiger partial charge in [-0.2, -0.15) is 4.52 Å². The van der Waals surface area contributed by atoms with Gasteiger partial charge in [-0.1, -0.05) is 36.5 Å². The molecule has 2 aromatic heterocycles. The van der Waals surface area contributed by atoms with Crippen molar-refractivity contribution in [2.24, 2.45) is 0 Å². The number of anilines is 1. The fourth-order valence-electron chi connectivity index (χ4n) is 2.95. The number of hydrogen-bond acceptors (Lipinski definition) is 6. The van der Waals surface area contributed by atoms with Gasteiger partial charge in [0.1, 0.15) is 11.6 Å². The molecule has 0 atom stereocenters. The Morgan fingerprint density at radius 2 is 2.00 bits per heavy atom. The van der Waals surface area contributed by atoms with Gasteiger partial charge in [0, 0.05) is 17.7 Å². The Balaban J connectivity index is 1.52. The van der Waals surface area contributed by atoms with Gasteiger partial charge in [0.05, 0.1) is 4.53 Å². The molecule has 158 valence electrons. The van der Waals surface area contributed by atoms with Crippen molar-refractivity contribution < 1.29 is 13.9 Å². The number of rotatable bonds is 7. The standard InChI is InChI=1S/C22H19FN4O3S/c1-2-5-19-25-22-27(26-19)21(29)18(31-22)12-14-6-3-4-7-17(14)30-13-20(28)24-16-10-8-15(23)9-11-16/h3-4,6-12H,2,5,13H2,1H3,(H,24,28)/b18-12-. The van der Waals surface area contributed by atoms with E-state index in [1.807, 2.05) is 13.0 Å². The first-order valence-corrected chi connectivity index (χ1v) is 10.5. The van der Waals surface area contributed by atoms with Gasteiger partial charge < -0.3 is 10.1 Å². The Morgan fingerprint density at radius 1 is 1.23 bits per heavy atom. The number of thiazole rings is 1. The maximum atomic E-state index is 13.0. The molecule has 7 nitrogen and oxygen atoms in total. The highest BCUT2D eigenvalue weighted by molar-refractivity contribution is 7.15. The van der Waals surface area contributed by atoms with E-state index < -0.39 is 0 Å². The molecular weight excluding hydrogens is 419 g/mol. The van der Waals surface area contributed by atoms with Crippen molar-refractivity contribution in [3.63, 3.8) is 0 Å². The van der Waals surface area contributed by atoms with Crippen LogP contribution in [0.5, 0.6) is 5.75 Å². The number of amides is 1. The lowest BCUT2D eigenvalue weighted by Crippen LogP contribution is -2.24. The van der Waals surface area contributed by atoms with Gasteiger partial charge >= 0.3 is 0 Å². The summed E-state index contributed by atoms with van der Waals surface area (Å²) < 4.78 is 20.4. The summed E-state index contributed by atoms with van der Waals surface area (Å²) >= 11 is 1.26. The largest absolute Gasteiger partial charge is 0.483 e. The smallest absolute Gasteiger partial charge is 0.291 e. The van der Waals surface area contributed by atoms with E-state index in [9.17, 15) is 14.0 Å². The molecule has 1 N–H and O–H groups in total. The van der Waals surface area contributed by atoms with E-state index in [4.69, 9.17) is 4.74 Å². The lowest BCUT2D eigenvalue weighted by atomic mass is 10.2. The van der Waals surface area contributed by atoms with E-state index in [1.54, 1.807) is 24.3 Å². The Hall–Kier alpha value is -3.59. The zero-order valence-corrected chi connectivity index (χ0v) is 17.5. The Labute approximate surface area is 180 Å². The highest BCUT2D eigenvalue weighted by Gasteiger charge is 2.11. The molecule has 0 fully saturated rings. The Bertz CT molecular complexity index is 1330. The van der Waals surface area contributed by atoms with E-state index in [0.29, 0.717) is 32.3 Å². The summed E-state index contributed by atoms with van der Waals surface area (Å²) in [4.78, 5) is 29.8. The number of aromatic nitrogens is 3. The predicted molar refractivity (Wildman–Crippen MR) is 117 cm³/mol. The summed E-state index contributed by atoms with van der Waals surface area (Å²) in [5, 5.41) is 6.91. The third kappa shape index (κ3) is 4.77. The van der Waals surface area contributed by atoms with Crippen LogP contribution in [0.15, 0.2) is 53.3 Å². The van der Waals surface area contributed by atoms with Gasteiger partial charge in [-0.25, -0.2) is 9.37 Å². The Kier molecular flexibility index (Phi) is 6.03. The van der Waals surface area contributed by atoms with Gasteiger partial charge in [-0.15, -0.1) is 5.10 Å². The second-order valence-corrected chi connectivity index (χ2v) is 7.78. The molecule has 0 saturated carbocycles. The first-order valence-electron chi connectivity index (χ1n) is 9.71. The molecule has 9 heteroatoms. The van der Waals surface area contributed by atoms with E-state index in [0.717, 1.165) is 12.8 Å². The fourth-order valence-corrected chi connectivity index (χ4v) is 3.87. The van der Waals surface area contributed by atoms with E-state index in [1.165, 1.54) is 40.1 Å². The number of halogens is 1. The summed E-state index contributed by atoms with van der Waals surface area (Å²) in [6, 6.07) is 12.6. The first kappa shape index (κ1) is 20.7. The molecule has 0 aliphatic rings. The molecule has 0 bridgehead atoms. The SMILES string of the molecule is CCCc1nc2s/c(=C\c3ccccc3OCC(=O)Nc3ccc(F)cc3)c(=O)n2n1. The lowest BCUT2D eigenvalue weighted by Gasteiger charge is -2.09. The van der Waals surface area contributed by atoms with Crippen LogP contribution >= 0.6 is 11.3 Å². The van der Waals surface area contributed by atoms with Crippen molar-refractivity contribution in [2.75, 3.05) is 11.9 Å². The normalized spacial score (nSPS) is 11.7. The molecule has 0 unspecified atom stereocenters. The number of nitrogens with one attached hydrogen (secondary N) is 1. The van der Waals surface area contributed by atoms with Gasteiger partial charge in [0.25, 0.3) is 11.5 Å². The summed E-state index contributed by atoms with van der Waals surface area (Å²) in [7, 11) is 0. The van der Waals surface area contributed by atoms with Gasteiger partial charge in [-0.05, 0) is 42.8 Å². The van der Waals surface area contributed by atoms with Crippen LogP contribution in [-0.4, -0.2) is 27.1 Å². The number of benzene rings is 2. The molecule has 31 heavy (non-hydrogen) atoms. The average Bonchev–Trinajstić information content (AvgIpc) is 3.28. The maximum absolute atomic E-state index is 13.0. The van der Waals surface area contributed by atoms with Crippen molar-refractivity contribution in [3.05, 3.63) is 80.6 Å². The molecule has 0 spiro atoms. The minimum atomic E-state index is -0.381. The number of nitrogens with zero attached hydrogens (tertiary/aromatic N) is 3. The second kappa shape index (κ2) is 9.05. The third-order valence-electron chi connectivity index (χ3n) is 4.39. The number of carbonyl (C=O) groups is 1. The van der Waals surface area contributed by atoms with Crippen LogP contribution in [0.4, 0.5) is 10.1 Å². The fraction of sp³-hybridized carbons (Fsp3) is 0.182. The number of carbonyl (C=O) groups excluding carboxylic acids is 1. The average molecular weight is 438 g/mol.